The fourth-order valence-corrected chi connectivity index (χ4v) is 1.43. The smallest absolute Gasteiger partial charge is 0.286 e. The Morgan fingerprint density at radius 2 is 2.32 bits per heavy atom. The molecule has 0 aromatic carbocycles. The van der Waals surface area contributed by atoms with Crippen LogP contribution in [0.3, 0.4) is 0 Å². The molecule has 0 radical (unpaired) electrons. The van der Waals surface area contributed by atoms with Crippen molar-refractivity contribution in [3.63, 3.8) is 0 Å². The van der Waals surface area contributed by atoms with Gasteiger partial charge in [0.2, 0.25) is 5.91 Å². The highest BCUT2D eigenvalue weighted by atomic mass is 16.5. The van der Waals surface area contributed by atoms with Crippen molar-refractivity contribution in [2.45, 2.75) is 12.5 Å². The van der Waals surface area contributed by atoms with E-state index >= 15 is 0 Å². The summed E-state index contributed by atoms with van der Waals surface area (Å²) < 4.78 is 9.74. The van der Waals surface area contributed by atoms with Gasteiger partial charge in [-0.15, -0.1) is 0 Å². The molecule has 3 N–H and O–H groups in total. The molecule has 0 spiro atoms. The first-order chi connectivity index (χ1) is 9.17. The van der Waals surface area contributed by atoms with Gasteiger partial charge < -0.3 is 24.9 Å². The van der Waals surface area contributed by atoms with Gasteiger partial charge in [-0.25, -0.2) is 0 Å². The van der Waals surface area contributed by atoms with E-state index in [1.807, 2.05) is 0 Å². The van der Waals surface area contributed by atoms with Crippen LogP contribution < -0.4 is 10.6 Å². The third-order valence-corrected chi connectivity index (χ3v) is 2.34. The second-order valence-electron chi connectivity index (χ2n) is 3.89. The lowest BCUT2D eigenvalue weighted by Crippen LogP contribution is -2.41. The molecule has 0 aliphatic heterocycles. The van der Waals surface area contributed by atoms with Gasteiger partial charge in [-0.05, 0) is 12.1 Å². The van der Waals surface area contributed by atoms with Gasteiger partial charge >= 0.3 is 0 Å². The number of ether oxygens (including phenoxy) is 1. The Morgan fingerprint density at radius 3 is 2.89 bits per heavy atom. The summed E-state index contributed by atoms with van der Waals surface area (Å²) in [5.41, 5.74) is 0. The van der Waals surface area contributed by atoms with E-state index in [4.69, 9.17) is 14.3 Å². The van der Waals surface area contributed by atoms with Crippen LogP contribution in [0.25, 0.3) is 0 Å². The van der Waals surface area contributed by atoms with Crippen LogP contribution in [0.15, 0.2) is 22.8 Å². The number of hydrogen-bond donors (Lipinski definition) is 3. The van der Waals surface area contributed by atoms with E-state index in [1.54, 1.807) is 6.07 Å². The van der Waals surface area contributed by atoms with Crippen molar-refractivity contribution < 1.29 is 23.8 Å². The van der Waals surface area contributed by atoms with Gasteiger partial charge in [-0.1, -0.05) is 0 Å². The van der Waals surface area contributed by atoms with E-state index in [-0.39, 0.29) is 43.8 Å². The highest BCUT2D eigenvalue weighted by molar-refractivity contribution is 5.91. The van der Waals surface area contributed by atoms with E-state index in [0.29, 0.717) is 0 Å². The largest absolute Gasteiger partial charge is 0.459 e. The molecule has 7 heteroatoms. The molecule has 1 heterocycles. The van der Waals surface area contributed by atoms with Gasteiger partial charge in [-0.2, -0.15) is 0 Å². The number of rotatable bonds is 8. The Labute approximate surface area is 110 Å². The van der Waals surface area contributed by atoms with E-state index in [0.717, 1.165) is 0 Å². The maximum absolute atomic E-state index is 11.5. The number of furan rings is 1. The number of hydrogen-bond acceptors (Lipinski definition) is 5. The summed E-state index contributed by atoms with van der Waals surface area (Å²) in [5.74, 6) is -0.433. The highest BCUT2D eigenvalue weighted by Crippen LogP contribution is 1.98. The predicted octanol–water partition coefficient (Wildman–Crippen LogP) is -0.477. The number of amides is 2. The minimum atomic E-state index is -0.432. The second-order valence-corrected chi connectivity index (χ2v) is 3.89. The summed E-state index contributed by atoms with van der Waals surface area (Å²) in [6.45, 7) is 0.232. The average molecular weight is 270 g/mol. The summed E-state index contributed by atoms with van der Waals surface area (Å²) in [5, 5.41) is 14.1. The molecule has 7 nitrogen and oxygen atoms in total. The monoisotopic (exact) mass is 270 g/mol. The minimum absolute atomic E-state index is 0.118. The Kier molecular flexibility index (Phi) is 6.62. The van der Waals surface area contributed by atoms with Gasteiger partial charge in [-0.3, -0.25) is 9.59 Å². The zero-order valence-electron chi connectivity index (χ0n) is 10.7. The van der Waals surface area contributed by atoms with Crippen LogP contribution in [0.1, 0.15) is 17.0 Å². The van der Waals surface area contributed by atoms with Crippen molar-refractivity contribution in [3.05, 3.63) is 24.2 Å². The van der Waals surface area contributed by atoms with Gasteiger partial charge in [0, 0.05) is 20.1 Å². The van der Waals surface area contributed by atoms with Crippen molar-refractivity contribution in [1.82, 2.24) is 10.6 Å². The number of nitrogens with one attached hydrogen (secondary N) is 2. The number of aliphatic hydroxyl groups is 1. The lowest BCUT2D eigenvalue weighted by Gasteiger charge is -2.15. The van der Waals surface area contributed by atoms with Crippen molar-refractivity contribution >= 4 is 11.8 Å². The molecule has 1 aromatic rings. The number of carbonyl (C=O) groups is 2. The van der Waals surface area contributed by atoms with Crippen LogP contribution in [-0.2, 0) is 9.53 Å². The molecule has 106 valence electrons. The highest BCUT2D eigenvalue weighted by Gasteiger charge is 2.12. The summed E-state index contributed by atoms with van der Waals surface area (Å²) in [4.78, 5) is 23.0. The Balaban J connectivity index is 2.21. The minimum Gasteiger partial charge on any atom is -0.459 e. The van der Waals surface area contributed by atoms with Gasteiger partial charge in [0.25, 0.3) is 5.91 Å². The first kappa shape index (κ1) is 15.2. The van der Waals surface area contributed by atoms with Crippen LogP contribution in [0.4, 0.5) is 0 Å². The standard InChI is InChI=1S/C12H18N2O5/c1-18-8-9(7-15)14-11(16)4-5-13-12(17)10-3-2-6-19-10/h2-3,6,9,15H,4-5,7-8H2,1H3,(H,13,17)(H,14,16). The molecule has 0 bridgehead atoms. The van der Waals surface area contributed by atoms with E-state index in [2.05, 4.69) is 10.6 Å². The van der Waals surface area contributed by atoms with Crippen molar-refractivity contribution in [2.75, 3.05) is 26.9 Å². The Morgan fingerprint density at radius 1 is 1.53 bits per heavy atom. The number of methoxy groups -OCH3 is 1. The summed E-state index contributed by atoms with van der Waals surface area (Å²) in [6.07, 6.45) is 1.52. The third kappa shape index (κ3) is 5.54. The maximum atomic E-state index is 11.5. The molecule has 0 saturated heterocycles. The molecular formula is C12H18N2O5. The normalized spacial score (nSPS) is 11.9. The predicted molar refractivity (Wildman–Crippen MR) is 66.6 cm³/mol. The molecule has 0 aliphatic carbocycles. The molecule has 1 atom stereocenters. The average Bonchev–Trinajstić information content (AvgIpc) is 2.92. The SMILES string of the molecule is COCC(CO)NC(=O)CCNC(=O)c1ccco1. The second kappa shape index (κ2) is 8.28. The lowest BCUT2D eigenvalue weighted by molar-refractivity contribution is -0.122. The third-order valence-electron chi connectivity index (χ3n) is 2.34. The van der Waals surface area contributed by atoms with Gasteiger partial charge in [0.15, 0.2) is 5.76 Å². The molecular weight excluding hydrogens is 252 g/mol. The zero-order valence-corrected chi connectivity index (χ0v) is 10.7. The van der Waals surface area contributed by atoms with Crippen LogP contribution >= 0.6 is 0 Å². The zero-order chi connectivity index (χ0) is 14.1. The summed E-state index contributed by atoms with van der Waals surface area (Å²) >= 11 is 0. The molecule has 0 fully saturated rings. The molecule has 0 saturated carbocycles. The quantitative estimate of drug-likeness (QED) is 0.592. The fraction of sp³-hybridized carbons (Fsp3) is 0.500. The fourth-order valence-electron chi connectivity index (χ4n) is 1.43. The van der Waals surface area contributed by atoms with Crippen LogP contribution in [0.2, 0.25) is 0 Å². The topological polar surface area (TPSA) is 101 Å². The Bertz CT molecular complexity index is 391. The summed E-state index contributed by atoms with van der Waals surface area (Å²) in [6, 6.07) is 2.71. The molecule has 1 rings (SSSR count). The van der Waals surface area contributed by atoms with Crippen LogP contribution in [0.5, 0.6) is 0 Å². The molecule has 0 aliphatic rings. The van der Waals surface area contributed by atoms with Crippen molar-refractivity contribution in [1.29, 1.82) is 0 Å². The first-order valence-corrected chi connectivity index (χ1v) is 5.88. The van der Waals surface area contributed by atoms with Crippen LogP contribution in [-0.4, -0.2) is 49.8 Å². The molecule has 19 heavy (non-hydrogen) atoms. The number of carbonyl (C=O) groups excluding carboxylic acids is 2. The molecule has 1 unspecified atom stereocenters. The Hall–Kier alpha value is -1.86. The van der Waals surface area contributed by atoms with E-state index < -0.39 is 6.04 Å². The van der Waals surface area contributed by atoms with Gasteiger partial charge in [0.1, 0.15) is 0 Å². The van der Waals surface area contributed by atoms with Crippen molar-refractivity contribution in [2.24, 2.45) is 0 Å². The lowest BCUT2D eigenvalue weighted by atomic mass is 10.3. The first-order valence-electron chi connectivity index (χ1n) is 5.88. The van der Waals surface area contributed by atoms with Crippen LogP contribution in [0, 0.1) is 0 Å². The maximum Gasteiger partial charge on any atom is 0.286 e. The van der Waals surface area contributed by atoms with Gasteiger partial charge in [0.05, 0.1) is 25.5 Å². The van der Waals surface area contributed by atoms with E-state index in [9.17, 15) is 9.59 Å². The number of aliphatic hydroxyl groups excluding tert-OH is 1. The van der Waals surface area contributed by atoms with E-state index in [1.165, 1.54) is 19.4 Å². The van der Waals surface area contributed by atoms with Crippen molar-refractivity contribution in [3.8, 4) is 0 Å². The molecule has 2 amide bonds. The summed E-state index contributed by atoms with van der Waals surface area (Å²) in [7, 11) is 1.48. The molecule has 1 aromatic heterocycles.